The lowest BCUT2D eigenvalue weighted by molar-refractivity contribution is 0.174. The van der Waals surface area contributed by atoms with Gasteiger partial charge in [-0.25, -0.2) is 0 Å². The molecule has 0 aromatic carbocycles. The van der Waals surface area contributed by atoms with E-state index in [4.69, 9.17) is 5.73 Å². The zero-order chi connectivity index (χ0) is 10.1. The molecule has 14 heavy (non-hydrogen) atoms. The summed E-state index contributed by atoms with van der Waals surface area (Å²) in [4.78, 5) is 2.75. The molecule has 4 unspecified atom stereocenters. The second-order valence-electron chi connectivity index (χ2n) is 5.33. The van der Waals surface area contributed by atoms with Crippen LogP contribution < -0.4 is 5.73 Å². The van der Waals surface area contributed by atoms with E-state index in [1.165, 1.54) is 38.6 Å². The average Bonchev–Trinajstić information content (AvgIpc) is 2.71. The maximum Gasteiger partial charge on any atom is 0.0114 e. The highest BCUT2D eigenvalue weighted by atomic mass is 15.2. The van der Waals surface area contributed by atoms with Gasteiger partial charge in [0, 0.05) is 24.7 Å². The molecule has 1 aliphatic heterocycles. The summed E-state index contributed by atoms with van der Waals surface area (Å²) in [6, 6.07) is 2.13. The summed E-state index contributed by atoms with van der Waals surface area (Å²) >= 11 is 0. The highest BCUT2D eigenvalue weighted by Gasteiger charge is 2.36. The zero-order valence-corrected chi connectivity index (χ0v) is 9.58. The van der Waals surface area contributed by atoms with Crippen LogP contribution in [0.25, 0.3) is 0 Å². The first-order chi connectivity index (χ1) is 6.70. The van der Waals surface area contributed by atoms with Crippen LogP contribution in [-0.4, -0.2) is 29.6 Å². The Labute approximate surface area is 87.8 Å². The molecule has 1 saturated heterocycles. The SMILES string of the molecule is CCC1CC(C)CN1C1CCC(N)C1. The normalized spacial score (nSPS) is 44.8. The van der Waals surface area contributed by atoms with E-state index in [0.29, 0.717) is 6.04 Å². The van der Waals surface area contributed by atoms with Crippen LogP contribution in [0.5, 0.6) is 0 Å². The minimum Gasteiger partial charge on any atom is -0.328 e. The number of hydrogen-bond donors (Lipinski definition) is 1. The van der Waals surface area contributed by atoms with Crippen molar-refractivity contribution in [3.8, 4) is 0 Å². The van der Waals surface area contributed by atoms with Gasteiger partial charge in [0.05, 0.1) is 0 Å². The number of hydrogen-bond acceptors (Lipinski definition) is 2. The molecule has 1 heterocycles. The summed E-state index contributed by atoms with van der Waals surface area (Å²) < 4.78 is 0. The van der Waals surface area contributed by atoms with Crippen LogP contribution in [0, 0.1) is 5.92 Å². The van der Waals surface area contributed by atoms with Crippen LogP contribution in [0.2, 0.25) is 0 Å². The summed E-state index contributed by atoms with van der Waals surface area (Å²) in [5.41, 5.74) is 5.99. The van der Waals surface area contributed by atoms with Crippen molar-refractivity contribution in [2.24, 2.45) is 11.7 Å². The van der Waals surface area contributed by atoms with E-state index in [9.17, 15) is 0 Å². The Kier molecular flexibility index (Phi) is 3.13. The molecule has 0 spiro atoms. The van der Waals surface area contributed by atoms with Crippen LogP contribution in [0.15, 0.2) is 0 Å². The number of rotatable bonds is 2. The van der Waals surface area contributed by atoms with Gasteiger partial charge in [0.25, 0.3) is 0 Å². The van der Waals surface area contributed by atoms with Gasteiger partial charge in [-0.2, -0.15) is 0 Å². The minimum absolute atomic E-state index is 0.480. The van der Waals surface area contributed by atoms with Crippen molar-refractivity contribution >= 4 is 0 Å². The van der Waals surface area contributed by atoms with E-state index >= 15 is 0 Å². The molecule has 2 nitrogen and oxygen atoms in total. The Bertz CT molecular complexity index is 193. The molecule has 4 atom stereocenters. The van der Waals surface area contributed by atoms with Gasteiger partial charge in [-0.05, 0) is 38.0 Å². The lowest BCUT2D eigenvalue weighted by Gasteiger charge is -2.29. The van der Waals surface area contributed by atoms with Crippen molar-refractivity contribution in [2.75, 3.05) is 6.54 Å². The first kappa shape index (κ1) is 10.4. The Hall–Kier alpha value is -0.0800. The predicted octanol–water partition coefficient (Wildman–Crippen LogP) is 1.99. The third kappa shape index (κ3) is 1.96. The van der Waals surface area contributed by atoms with E-state index in [1.807, 2.05) is 0 Å². The summed E-state index contributed by atoms with van der Waals surface area (Å²) in [6.45, 7) is 6.03. The predicted molar refractivity (Wildman–Crippen MR) is 60.2 cm³/mol. The lowest BCUT2D eigenvalue weighted by atomic mass is 10.1. The van der Waals surface area contributed by atoms with Gasteiger partial charge in [-0.15, -0.1) is 0 Å². The topological polar surface area (TPSA) is 29.3 Å². The third-order valence-corrected chi connectivity index (χ3v) is 4.05. The molecule has 0 bridgehead atoms. The van der Waals surface area contributed by atoms with Gasteiger partial charge < -0.3 is 5.73 Å². The Morgan fingerprint density at radius 3 is 2.64 bits per heavy atom. The van der Waals surface area contributed by atoms with Gasteiger partial charge in [-0.1, -0.05) is 13.8 Å². The molecule has 0 radical (unpaired) electrons. The summed E-state index contributed by atoms with van der Waals surface area (Å²) in [5, 5.41) is 0. The van der Waals surface area contributed by atoms with Crippen LogP contribution >= 0.6 is 0 Å². The largest absolute Gasteiger partial charge is 0.328 e. The smallest absolute Gasteiger partial charge is 0.0114 e. The molecule has 1 aliphatic carbocycles. The molecular weight excluding hydrogens is 172 g/mol. The van der Waals surface area contributed by atoms with Crippen LogP contribution in [0.1, 0.15) is 46.0 Å². The standard InChI is InChI=1S/C12H24N2/c1-3-11-6-9(2)8-14(11)12-5-4-10(13)7-12/h9-12H,3-8,13H2,1-2H3. The second-order valence-corrected chi connectivity index (χ2v) is 5.33. The molecule has 0 amide bonds. The fourth-order valence-corrected chi connectivity index (χ4v) is 3.32. The molecule has 0 aromatic rings. The number of nitrogens with two attached hydrogens (primary N) is 1. The molecule has 2 rings (SSSR count). The number of nitrogens with zero attached hydrogens (tertiary/aromatic N) is 1. The van der Waals surface area contributed by atoms with E-state index in [2.05, 4.69) is 18.7 Å². The van der Waals surface area contributed by atoms with Crippen molar-refractivity contribution in [2.45, 2.75) is 64.1 Å². The molecule has 2 aliphatic rings. The minimum atomic E-state index is 0.480. The Morgan fingerprint density at radius 2 is 2.07 bits per heavy atom. The zero-order valence-electron chi connectivity index (χ0n) is 9.58. The lowest BCUT2D eigenvalue weighted by Crippen LogP contribution is -2.38. The van der Waals surface area contributed by atoms with E-state index < -0.39 is 0 Å². The van der Waals surface area contributed by atoms with Crippen LogP contribution in [0.3, 0.4) is 0 Å². The van der Waals surface area contributed by atoms with Crippen LogP contribution in [-0.2, 0) is 0 Å². The molecule has 1 saturated carbocycles. The van der Waals surface area contributed by atoms with E-state index in [0.717, 1.165) is 18.0 Å². The summed E-state index contributed by atoms with van der Waals surface area (Å²) in [6.07, 6.45) is 6.54. The first-order valence-electron chi connectivity index (χ1n) is 6.22. The molecule has 2 fully saturated rings. The highest BCUT2D eigenvalue weighted by Crippen LogP contribution is 2.33. The fourth-order valence-electron chi connectivity index (χ4n) is 3.32. The molecule has 2 N–H and O–H groups in total. The molecular formula is C12H24N2. The van der Waals surface area contributed by atoms with Gasteiger partial charge in [-0.3, -0.25) is 4.90 Å². The molecule has 0 aromatic heterocycles. The molecule has 2 heteroatoms. The van der Waals surface area contributed by atoms with Crippen molar-refractivity contribution in [1.82, 2.24) is 4.90 Å². The van der Waals surface area contributed by atoms with Crippen molar-refractivity contribution in [1.29, 1.82) is 0 Å². The first-order valence-corrected chi connectivity index (χ1v) is 6.22. The van der Waals surface area contributed by atoms with Gasteiger partial charge in [0.1, 0.15) is 0 Å². The summed E-state index contributed by atoms with van der Waals surface area (Å²) in [7, 11) is 0. The second kappa shape index (κ2) is 4.19. The van der Waals surface area contributed by atoms with E-state index in [1.54, 1.807) is 0 Å². The third-order valence-electron chi connectivity index (χ3n) is 4.05. The quantitative estimate of drug-likeness (QED) is 0.732. The van der Waals surface area contributed by atoms with Crippen molar-refractivity contribution < 1.29 is 0 Å². The highest BCUT2D eigenvalue weighted by molar-refractivity contribution is 4.92. The van der Waals surface area contributed by atoms with E-state index in [-0.39, 0.29) is 0 Å². The molecule has 82 valence electrons. The van der Waals surface area contributed by atoms with Crippen molar-refractivity contribution in [3.05, 3.63) is 0 Å². The maximum absolute atomic E-state index is 5.99. The maximum atomic E-state index is 5.99. The Morgan fingerprint density at radius 1 is 1.29 bits per heavy atom. The average molecular weight is 196 g/mol. The van der Waals surface area contributed by atoms with Crippen LogP contribution in [0.4, 0.5) is 0 Å². The Balaban J connectivity index is 1.95. The number of likely N-dealkylation sites (tertiary alicyclic amines) is 1. The van der Waals surface area contributed by atoms with Gasteiger partial charge in [0.15, 0.2) is 0 Å². The summed E-state index contributed by atoms with van der Waals surface area (Å²) in [5.74, 6) is 0.900. The van der Waals surface area contributed by atoms with Crippen molar-refractivity contribution in [3.63, 3.8) is 0 Å². The monoisotopic (exact) mass is 196 g/mol. The van der Waals surface area contributed by atoms with Gasteiger partial charge in [0.2, 0.25) is 0 Å². The fraction of sp³-hybridized carbons (Fsp3) is 1.00. The van der Waals surface area contributed by atoms with Gasteiger partial charge >= 0.3 is 0 Å².